The molecule has 7 nitrogen and oxygen atoms in total. The highest BCUT2D eigenvalue weighted by atomic mass is 16.5. The molecule has 3 amide bonds. The lowest BCUT2D eigenvalue weighted by Crippen LogP contribution is -2.41. The predicted molar refractivity (Wildman–Crippen MR) is 118 cm³/mol. The van der Waals surface area contributed by atoms with Crippen molar-refractivity contribution in [1.82, 2.24) is 10.2 Å². The van der Waals surface area contributed by atoms with Gasteiger partial charge in [-0.1, -0.05) is 30.7 Å². The molecule has 0 fully saturated rings. The van der Waals surface area contributed by atoms with Crippen molar-refractivity contribution < 1.29 is 19.1 Å². The number of urea groups is 1. The Hall–Kier alpha value is -3.06. The smallest absolute Gasteiger partial charge is 0.325 e. The van der Waals surface area contributed by atoms with Crippen LogP contribution < -0.4 is 20.1 Å². The largest absolute Gasteiger partial charge is 0.493 e. The number of ether oxygens (including phenoxy) is 2. The maximum atomic E-state index is 12.3. The van der Waals surface area contributed by atoms with Gasteiger partial charge >= 0.3 is 6.03 Å². The Morgan fingerprint density at radius 3 is 2.43 bits per heavy atom. The van der Waals surface area contributed by atoms with Gasteiger partial charge in [0.05, 0.1) is 20.3 Å². The van der Waals surface area contributed by atoms with E-state index in [0.29, 0.717) is 36.9 Å². The number of benzene rings is 2. The Bertz CT molecular complexity index is 883. The van der Waals surface area contributed by atoms with Gasteiger partial charge < -0.3 is 14.8 Å². The van der Waals surface area contributed by atoms with Gasteiger partial charge in [0.25, 0.3) is 0 Å². The monoisotopic (exact) mass is 413 g/mol. The number of carbonyl (C=O) groups is 2. The van der Waals surface area contributed by atoms with Gasteiger partial charge in [0.15, 0.2) is 11.5 Å². The van der Waals surface area contributed by atoms with E-state index in [-0.39, 0.29) is 12.5 Å². The number of nitrogens with zero attached hydrogens (tertiary/aromatic N) is 1. The zero-order chi connectivity index (χ0) is 22.1. The molecule has 2 aromatic rings. The molecule has 0 heterocycles. The third-order valence-electron chi connectivity index (χ3n) is 4.63. The minimum atomic E-state index is -0.536. The topological polar surface area (TPSA) is 79.9 Å². The Morgan fingerprint density at radius 2 is 1.80 bits per heavy atom. The summed E-state index contributed by atoms with van der Waals surface area (Å²) < 4.78 is 10.9. The molecular formula is C23H31N3O4. The molecule has 0 bridgehead atoms. The number of aryl methyl sites for hydroxylation is 2. The van der Waals surface area contributed by atoms with E-state index in [9.17, 15) is 9.59 Å². The van der Waals surface area contributed by atoms with Crippen molar-refractivity contribution >= 4 is 17.6 Å². The van der Waals surface area contributed by atoms with Crippen LogP contribution in [0.3, 0.4) is 0 Å². The highest BCUT2D eigenvalue weighted by Gasteiger charge is 2.14. The first-order chi connectivity index (χ1) is 14.4. The molecule has 0 spiro atoms. The molecule has 2 N–H and O–H groups in total. The van der Waals surface area contributed by atoms with Crippen molar-refractivity contribution in [2.45, 2.75) is 34.2 Å². The molecule has 0 radical (unpaired) electrons. The zero-order valence-corrected chi connectivity index (χ0v) is 18.4. The molecule has 7 heteroatoms. The van der Waals surface area contributed by atoms with E-state index in [1.165, 1.54) is 0 Å². The number of hydrogen-bond donors (Lipinski definition) is 2. The molecule has 0 aliphatic rings. The number of carbonyl (C=O) groups excluding carboxylic acids is 2. The number of imide groups is 1. The molecule has 30 heavy (non-hydrogen) atoms. The van der Waals surface area contributed by atoms with Crippen LogP contribution in [0.1, 0.15) is 30.5 Å². The minimum absolute atomic E-state index is 0.103. The summed E-state index contributed by atoms with van der Waals surface area (Å²) in [5.41, 5.74) is 3.72. The van der Waals surface area contributed by atoms with Crippen molar-refractivity contribution in [2.75, 3.05) is 32.1 Å². The van der Waals surface area contributed by atoms with Crippen LogP contribution in [0, 0.1) is 13.8 Å². The van der Waals surface area contributed by atoms with Crippen LogP contribution in [0.25, 0.3) is 0 Å². The predicted octanol–water partition coefficient (Wildman–Crippen LogP) is 3.88. The number of nitrogens with one attached hydrogen (secondary N) is 2. The molecule has 0 aromatic heterocycles. The van der Waals surface area contributed by atoms with E-state index >= 15 is 0 Å². The molecule has 2 rings (SSSR count). The van der Waals surface area contributed by atoms with Crippen LogP contribution in [-0.4, -0.2) is 43.6 Å². The van der Waals surface area contributed by atoms with E-state index in [0.717, 1.165) is 16.7 Å². The first-order valence-electron chi connectivity index (χ1n) is 10.1. The fourth-order valence-electron chi connectivity index (χ4n) is 3.10. The first-order valence-corrected chi connectivity index (χ1v) is 10.1. The van der Waals surface area contributed by atoms with E-state index in [4.69, 9.17) is 9.47 Å². The van der Waals surface area contributed by atoms with Crippen LogP contribution in [-0.2, 0) is 11.3 Å². The highest BCUT2D eigenvalue weighted by Crippen LogP contribution is 2.28. The second-order valence-electron chi connectivity index (χ2n) is 7.04. The second-order valence-corrected chi connectivity index (χ2v) is 7.04. The van der Waals surface area contributed by atoms with Gasteiger partial charge in [-0.25, -0.2) is 4.79 Å². The molecule has 2 aromatic carbocycles. The van der Waals surface area contributed by atoms with Crippen molar-refractivity contribution in [2.24, 2.45) is 0 Å². The van der Waals surface area contributed by atoms with Gasteiger partial charge in [-0.15, -0.1) is 0 Å². The van der Waals surface area contributed by atoms with Crippen LogP contribution in [0.4, 0.5) is 10.5 Å². The maximum absolute atomic E-state index is 12.3. The lowest BCUT2D eigenvalue weighted by Gasteiger charge is -2.20. The van der Waals surface area contributed by atoms with Crippen LogP contribution in [0.15, 0.2) is 36.4 Å². The first kappa shape index (κ1) is 23.2. The summed E-state index contributed by atoms with van der Waals surface area (Å²) in [7, 11) is 1.60. The summed E-state index contributed by atoms with van der Waals surface area (Å²) in [5.74, 6) is 0.979. The Labute approximate surface area is 178 Å². The summed E-state index contributed by atoms with van der Waals surface area (Å²) >= 11 is 0. The summed E-state index contributed by atoms with van der Waals surface area (Å²) in [4.78, 5) is 26.5. The molecule has 0 aliphatic heterocycles. The van der Waals surface area contributed by atoms with Crippen LogP contribution in [0.2, 0.25) is 0 Å². The summed E-state index contributed by atoms with van der Waals surface area (Å²) in [6.45, 7) is 9.64. The third-order valence-corrected chi connectivity index (χ3v) is 4.63. The van der Waals surface area contributed by atoms with Gasteiger partial charge in [0.1, 0.15) is 0 Å². The zero-order valence-electron chi connectivity index (χ0n) is 18.4. The van der Waals surface area contributed by atoms with Crippen molar-refractivity contribution in [3.63, 3.8) is 0 Å². The van der Waals surface area contributed by atoms with Crippen molar-refractivity contribution in [1.29, 1.82) is 0 Å². The summed E-state index contributed by atoms with van der Waals surface area (Å²) in [6, 6.07) is 10.9. The Balaban J connectivity index is 1.93. The van der Waals surface area contributed by atoms with Gasteiger partial charge in [0.2, 0.25) is 5.91 Å². The van der Waals surface area contributed by atoms with E-state index in [1.54, 1.807) is 7.11 Å². The van der Waals surface area contributed by atoms with Crippen LogP contribution in [0.5, 0.6) is 11.5 Å². The summed E-state index contributed by atoms with van der Waals surface area (Å²) in [6.07, 6.45) is 0. The van der Waals surface area contributed by atoms with Gasteiger partial charge in [0, 0.05) is 12.2 Å². The fraction of sp³-hybridized carbons (Fsp3) is 0.391. The number of anilines is 1. The molecule has 0 aliphatic carbocycles. The van der Waals surface area contributed by atoms with Gasteiger partial charge in [-0.3, -0.25) is 15.0 Å². The lowest BCUT2D eigenvalue weighted by atomic mass is 10.1. The Morgan fingerprint density at radius 1 is 1.03 bits per heavy atom. The van der Waals surface area contributed by atoms with E-state index < -0.39 is 6.03 Å². The highest BCUT2D eigenvalue weighted by molar-refractivity contribution is 6.02. The standard InChI is InChI=1S/C23H31N3O4/c1-6-26(14-18-9-11-20(30-7-2)21(13-18)29-5)15-22(27)25-23(28)24-19-10-8-16(3)12-17(19)4/h8-13H,6-7,14-15H2,1-5H3,(H2,24,25,27,28). The van der Waals surface area contributed by atoms with E-state index in [1.807, 2.05) is 69.0 Å². The molecule has 0 unspecified atom stereocenters. The quantitative estimate of drug-likeness (QED) is 0.652. The van der Waals surface area contributed by atoms with Crippen molar-refractivity contribution in [3.05, 3.63) is 53.1 Å². The average molecular weight is 414 g/mol. The fourth-order valence-corrected chi connectivity index (χ4v) is 3.10. The SMILES string of the molecule is CCOc1ccc(CN(CC)CC(=O)NC(=O)Nc2ccc(C)cc2C)cc1OC. The Kier molecular flexibility index (Phi) is 8.68. The van der Waals surface area contributed by atoms with Crippen LogP contribution >= 0.6 is 0 Å². The second kappa shape index (κ2) is 11.2. The molecule has 0 saturated heterocycles. The number of rotatable bonds is 9. The number of amides is 3. The van der Waals surface area contributed by atoms with E-state index in [2.05, 4.69) is 10.6 Å². The number of hydrogen-bond acceptors (Lipinski definition) is 5. The summed E-state index contributed by atoms with van der Waals surface area (Å²) in [5, 5.41) is 5.12. The number of likely N-dealkylation sites (N-methyl/N-ethyl adjacent to an activating group) is 1. The molecule has 0 saturated carbocycles. The van der Waals surface area contributed by atoms with Gasteiger partial charge in [-0.2, -0.15) is 0 Å². The minimum Gasteiger partial charge on any atom is -0.493 e. The molecule has 0 atom stereocenters. The average Bonchev–Trinajstić information content (AvgIpc) is 2.70. The normalized spacial score (nSPS) is 10.6. The van der Waals surface area contributed by atoms with Gasteiger partial charge in [-0.05, 0) is 56.6 Å². The van der Waals surface area contributed by atoms with Crippen molar-refractivity contribution in [3.8, 4) is 11.5 Å². The molecule has 162 valence electrons. The molecular weight excluding hydrogens is 382 g/mol. The third kappa shape index (κ3) is 6.77. The maximum Gasteiger partial charge on any atom is 0.325 e. The lowest BCUT2D eigenvalue weighted by molar-refractivity contribution is -0.121. The number of methoxy groups -OCH3 is 1.